The second kappa shape index (κ2) is 10.9. The summed E-state index contributed by atoms with van der Waals surface area (Å²) < 4.78 is 28.3. The zero-order valence-electron chi connectivity index (χ0n) is 20.9. The number of rotatable bonds is 10. The van der Waals surface area contributed by atoms with Crippen LogP contribution in [0.5, 0.6) is 5.75 Å². The van der Waals surface area contributed by atoms with E-state index in [4.69, 9.17) is 28.8 Å². The molecule has 0 fully saturated rings. The van der Waals surface area contributed by atoms with Gasteiger partial charge in [-0.25, -0.2) is 0 Å². The van der Waals surface area contributed by atoms with Gasteiger partial charge in [0.15, 0.2) is 0 Å². The molecule has 7 nitrogen and oxygen atoms in total. The Labute approximate surface area is 214 Å². The lowest BCUT2D eigenvalue weighted by molar-refractivity contribution is -0.149. The Balaban J connectivity index is 1.42. The lowest BCUT2D eigenvalue weighted by atomic mass is 9.97. The highest BCUT2D eigenvalue weighted by Gasteiger charge is 2.17. The van der Waals surface area contributed by atoms with Crippen LogP contribution in [-0.2, 0) is 33.8 Å². The van der Waals surface area contributed by atoms with E-state index in [1.807, 2.05) is 60.7 Å². The maximum absolute atomic E-state index is 12.4. The summed E-state index contributed by atoms with van der Waals surface area (Å²) in [7, 11) is 1.58. The molecule has 2 N–H and O–H groups in total. The standard InChI is InChI=1S/C30H29NO6/c1-19(17-33-2)37-28(32)15-22-5-3-4-6-27(22)36-18-21-12-24-8-10-35-30(24)26(14-21)25-13-20(16-31)11-23-7-9-34-29(23)25/h3-14,19H,15-18,31H2,1-2H3. The van der Waals surface area contributed by atoms with Gasteiger partial charge in [-0.3, -0.25) is 4.79 Å². The zero-order chi connectivity index (χ0) is 25.8. The van der Waals surface area contributed by atoms with Gasteiger partial charge in [-0.15, -0.1) is 0 Å². The number of hydrogen-bond acceptors (Lipinski definition) is 7. The van der Waals surface area contributed by atoms with Crippen LogP contribution in [-0.4, -0.2) is 25.8 Å². The largest absolute Gasteiger partial charge is 0.489 e. The smallest absolute Gasteiger partial charge is 0.310 e. The number of benzene rings is 3. The van der Waals surface area contributed by atoms with Crippen molar-refractivity contribution in [1.82, 2.24) is 0 Å². The Hall–Kier alpha value is -4.07. The van der Waals surface area contributed by atoms with E-state index in [0.717, 1.165) is 49.8 Å². The summed E-state index contributed by atoms with van der Waals surface area (Å²) in [6.45, 7) is 2.87. The van der Waals surface area contributed by atoms with Crippen molar-refractivity contribution in [3.05, 3.63) is 89.9 Å². The van der Waals surface area contributed by atoms with Gasteiger partial charge in [0.25, 0.3) is 0 Å². The normalized spacial score (nSPS) is 12.2. The predicted molar refractivity (Wildman–Crippen MR) is 141 cm³/mol. The van der Waals surface area contributed by atoms with Crippen LogP contribution in [0.3, 0.4) is 0 Å². The minimum absolute atomic E-state index is 0.110. The van der Waals surface area contributed by atoms with Crippen LogP contribution >= 0.6 is 0 Å². The minimum Gasteiger partial charge on any atom is -0.489 e. The first-order valence-corrected chi connectivity index (χ1v) is 12.2. The molecular formula is C30H29NO6. The van der Waals surface area contributed by atoms with Crippen molar-refractivity contribution >= 4 is 27.9 Å². The van der Waals surface area contributed by atoms with E-state index in [9.17, 15) is 4.79 Å². The highest BCUT2D eigenvalue weighted by Crippen LogP contribution is 2.37. The molecule has 0 saturated carbocycles. The molecule has 7 heteroatoms. The quantitative estimate of drug-likeness (QED) is 0.235. The van der Waals surface area contributed by atoms with Crippen molar-refractivity contribution < 1.29 is 27.8 Å². The number of ether oxygens (including phenoxy) is 3. The van der Waals surface area contributed by atoms with Gasteiger partial charge >= 0.3 is 5.97 Å². The molecule has 5 aromatic rings. The molecule has 2 aromatic heterocycles. The SMILES string of the molecule is COCC(C)OC(=O)Cc1ccccc1OCc1cc(-c2cc(CN)cc3ccoc23)c2occc2c1. The molecule has 0 aliphatic heterocycles. The van der Waals surface area contributed by atoms with E-state index in [-0.39, 0.29) is 18.5 Å². The van der Waals surface area contributed by atoms with Crippen LogP contribution in [0.1, 0.15) is 23.6 Å². The monoisotopic (exact) mass is 499 g/mol. The highest BCUT2D eigenvalue weighted by molar-refractivity contribution is 6.01. The second-order valence-electron chi connectivity index (χ2n) is 9.00. The van der Waals surface area contributed by atoms with E-state index in [0.29, 0.717) is 25.5 Å². The van der Waals surface area contributed by atoms with E-state index < -0.39 is 0 Å². The van der Waals surface area contributed by atoms with Crippen LogP contribution in [0.4, 0.5) is 0 Å². The summed E-state index contributed by atoms with van der Waals surface area (Å²) >= 11 is 0. The van der Waals surface area contributed by atoms with Crippen molar-refractivity contribution in [2.45, 2.75) is 32.6 Å². The number of carbonyl (C=O) groups is 1. The molecule has 0 bridgehead atoms. The van der Waals surface area contributed by atoms with Crippen molar-refractivity contribution in [2.24, 2.45) is 5.73 Å². The number of furan rings is 2. The number of hydrogen-bond donors (Lipinski definition) is 1. The Kier molecular flexibility index (Phi) is 7.25. The maximum atomic E-state index is 12.4. The van der Waals surface area contributed by atoms with E-state index in [1.54, 1.807) is 26.6 Å². The van der Waals surface area contributed by atoms with E-state index >= 15 is 0 Å². The molecule has 0 spiro atoms. The molecular weight excluding hydrogens is 470 g/mol. The average Bonchev–Trinajstić information content (AvgIpc) is 3.56. The summed E-state index contributed by atoms with van der Waals surface area (Å²) in [5, 5.41) is 1.94. The molecule has 0 amide bonds. The predicted octanol–water partition coefficient (Wildman–Crippen LogP) is 6.00. The fourth-order valence-electron chi connectivity index (χ4n) is 4.53. The Morgan fingerprint density at radius 3 is 2.24 bits per heavy atom. The van der Waals surface area contributed by atoms with E-state index in [2.05, 4.69) is 0 Å². The summed E-state index contributed by atoms with van der Waals surface area (Å²) in [6.07, 6.45) is 3.15. The zero-order valence-corrected chi connectivity index (χ0v) is 20.9. The fraction of sp³-hybridized carbons (Fsp3) is 0.233. The van der Waals surface area contributed by atoms with Gasteiger partial charge in [-0.1, -0.05) is 18.2 Å². The van der Waals surface area contributed by atoms with Crippen molar-refractivity contribution in [1.29, 1.82) is 0 Å². The van der Waals surface area contributed by atoms with Gasteiger partial charge in [-0.05, 0) is 60.5 Å². The van der Waals surface area contributed by atoms with Crippen LogP contribution < -0.4 is 10.5 Å². The average molecular weight is 500 g/mol. The number of nitrogens with two attached hydrogens (primary N) is 1. The molecule has 0 aliphatic carbocycles. The van der Waals surface area contributed by atoms with Crippen LogP contribution in [0, 0.1) is 0 Å². The molecule has 0 radical (unpaired) electrons. The molecule has 2 heterocycles. The summed E-state index contributed by atoms with van der Waals surface area (Å²) in [5.41, 5.74) is 12.0. The third kappa shape index (κ3) is 5.38. The fourth-order valence-corrected chi connectivity index (χ4v) is 4.53. The van der Waals surface area contributed by atoms with Crippen molar-refractivity contribution in [3.8, 4) is 16.9 Å². The molecule has 1 atom stereocenters. The number of methoxy groups -OCH3 is 1. The molecule has 3 aromatic carbocycles. The summed E-state index contributed by atoms with van der Waals surface area (Å²) in [6, 6.07) is 19.5. The van der Waals surface area contributed by atoms with Crippen molar-refractivity contribution in [2.75, 3.05) is 13.7 Å². The van der Waals surface area contributed by atoms with Gasteiger partial charge in [-0.2, -0.15) is 0 Å². The van der Waals surface area contributed by atoms with Gasteiger partial charge in [0.2, 0.25) is 0 Å². The lowest BCUT2D eigenvalue weighted by Gasteiger charge is -2.15. The molecule has 0 aliphatic rings. The molecule has 190 valence electrons. The van der Waals surface area contributed by atoms with Crippen LogP contribution in [0.25, 0.3) is 33.1 Å². The number of fused-ring (bicyclic) bond motifs is 2. The topological polar surface area (TPSA) is 97.1 Å². The third-order valence-electron chi connectivity index (χ3n) is 6.18. The Morgan fingerprint density at radius 1 is 0.919 bits per heavy atom. The molecule has 37 heavy (non-hydrogen) atoms. The maximum Gasteiger partial charge on any atom is 0.310 e. The first-order chi connectivity index (χ1) is 18.1. The number of carbonyl (C=O) groups excluding carboxylic acids is 1. The highest BCUT2D eigenvalue weighted by atomic mass is 16.6. The lowest BCUT2D eigenvalue weighted by Crippen LogP contribution is -2.21. The first-order valence-electron chi connectivity index (χ1n) is 12.2. The second-order valence-corrected chi connectivity index (χ2v) is 9.00. The molecule has 0 saturated heterocycles. The Morgan fingerprint density at radius 2 is 1.57 bits per heavy atom. The van der Waals surface area contributed by atoms with Crippen LogP contribution in [0.2, 0.25) is 0 Å². The summed E-state index contributed by atoms with van der Waals surface area (Å²) in [4.78, 5) is 12.4. The molecule has 1 unspecified atom stereocenters. The van der Waals surface area contributed by atoms with Gasteiger partial charge in [0.05, 0.1) is 25.6 Å². The minimum atomic E-state index is -0.329. The summed E-state index contributed by atoms with van der Waals surface area (Å²) in [5.74, 6) is 0.302. The third-order valence-corrected chi connectivity index (χ3v) is 6.18. The number of para-hydroxylation sites is 1. The number of esters is 1. The van der Waals surface area contributed by atoms with Crippen molar-refractivity contribution in [3.63, 3.8) is 0 Å². The van der Waals surface area contributed by atoms with Gasteiger partial charge < -0.3 is 28.8 Å². The Bertz CT molecular complexity index is 1530. The first kappa shape index (κ1) is 24.6. The van der Waals surface area contributed by atoms with Crippen LogP contribution in [0.15, 0.2) is 82.0 Å². The molecule has 5 rings (SSSR count). The van der Waals surface area contributed by atoms with Gasteiger partial charge in [0.1, 0.15) is 29.6 Å². The van der Waals surface area contributed by atoms with Gasteiger partial charge in [0, 0.05) is 41.1 Å². The van der Waals surface area contributed by atoms with E-state index in [1.165, 1.54) is 0 Å².